The number of nitrogens with zero attached hydrogens (tertiary/aromatic N) is 2. The van der Waals surface area contributed by atoms with Gasteiger partial charge in [0.1, 0.15) is 17.5 Å². The van der Waals surface area contributed by atoms with Crippen molar-refractivity contribution in [2.75, 3.05) is 23.9 Å². The summed E-state index contributed by atoms with van der Waals surface area (Å²) in [5.41, 5.74) is 5.73. The smallest absolute Gasteiger partial charge is 0.133 e. The van der Waals surface area contributed by atoms with Gasteiger partial charge in [0.25, 0.3) is 0 Å². The van der Waals surface area contributed by atoms with Crippen LogP contribution in [0.4, 0.5) is 11.6 Å². The van der Waals surface area contributed by atoms with Crippen LogP contribution >= 0.6 is 0 Å². The normalized spacial score (nSPS) is 14.2. The largest absolute Gasteiger partial charge is 0.384 e. The molecule has 1 rings (SSSR count). The second-order valence-electron chi connectivity index (χ2n) is 4.37. The Kier molecular flexibility index (Phi) is 6.04. The molecule has 0 radical (unpaired) electrons. The predicted octanol–water partition coefficient (Wildman–Crippen LogP) is 1.58. The molecule has 18 heavy (non-hydrogen) atoms. The molecule has 2 unspecified atom stereocenters. The van der Waals surface area contributed by atoms with E-state index in [1.165, 1.54) is 0 Å². The number of aryl methyl sites for hydroxylation is 1. The lowest BCUT2D eigenvalue weighted by Gasteiger charge is -2.10. The van der Waals surface area contributed by atoms with Crippen LogP contribution in [0, 0.1) is 0 Å². The van der Waals surface area contributed by atoms with Gasteiger partial charge in [-0.1, -0.05) is 13.8 Å². The lowest BCUT2D eigenvalue weighted by molar-refractivity contribution is 0.672. The third-order valence-corrected chi connectivity index (χ3v) is 4.06. The fourth-order valence-corrected chi connectivity index (χ4v) is 1.96. The Morgan fingerprint density at radius 1 is 1.50 bits per heavy atom. The standard InChI is InChI=1S/C12H22N4OS/c1-4-5-11-15-10(13)8-12(16-11)14-7-6-9(2)18(3)17/h8-9H,4-7H2,1-3H3,(H3,13,14,15,16). The van der Waals surface area contributed by atoms with E-state index in [0.29, 0.717) is 5.82 Å². The zero-order chi connectivity index (χ0) is 13.5. The first-order valence-electron chi connectivity index (χ1n) is 6.22. The minimum Gasteiger partial charge on any atom is -0.384 e. The lowest BCUT2D eigenvalue weighted by Crippen LogP contribution is -2.16. The van der Waals surface area contributed by atoms with E-state index in [4.69, 9.17) is 5.73 Å². The Morgan fingerprint density at radius 3 is 2.83 bits per heavy atom. The van der Waals surface area contributed by atoms with Crippen molar-refractivity contribution in [3.8, 4) is 0 Å². The molecule has 0 aromatic carbocycles. The van der Waals surface area contributed by atoms with Crippen LogP contribution in [-0.4, -0.2) is 32.2 Å². The van der Waals surface area contributed by atoms with Crippen molar-refractivity contribution in [3.05, 3.63) is 11.9 Å². The number of nitrogens with two attached hydrogens (primary N) is 1. The Morgan fingerprint density at radius 2 is 2.22 bits per heavy atom. The second kappa shape index (κ2) is 7.31. The van der Waals surface area contributed by atoms with Crippen molar-refractivity contribution in [2.45, 2.75) is 38.4 Å². The molecule has 0 saturated heterocycles. The summed E-state index contributed by atoms with van der Waals surface area (Å²) in [5, 5.41) is 3.39. The number of nitrogens with one attached hydrogen (secondary N) is 1. The lowest BCUT2D eigenvalue weighted by atomic mass is 10.3. The summed E-state index contributed by atoms with van der Waals surface area (Å²) >= 11 is 0. The number of nitrogen functional groups attached to an aromatic ring is 1. The van der Waals surface area contributed by atoms with Gasteiger partial charge in [-0.3, -0.25) is 4.21 Å². The van der Waals surface area contributed by atoms with Gasteiger partial charge in [-0.15, -0.1) is 0 Å². The van der Waals surface area contributed by atoms with Gasteiger partial charge in [0.2, 0.25) is 0 Å². The minimum absolute atomic E-state index is 0.187. The topological polar surface area (TPSA) is 80.9 Å². The molecular formula is C12H22N4OS. The molecule has 5 nitrogen and oxygen atoms in total. The molecule has 1 heterocycles. The molecule has 1 aromatic heterocycles. The Bertz CT molecular complexity index is 411. The van der Waals surface area contributed by atoms with Gasteiger partial charge in [-0.05, 0) is 12.8 Å². The van der Waals surface area contributed by atoms with E-state index in [1.807, 2.05) is 6.92 Å². The van der Waals surface area contributed by atoms with Crippen LogP contribution < -0.4 is 11.1 Å². The van der Waals surface area contributed by atoms with Crippen LogP contribution in [0.15, 0.2) is 6.07 Å². The summed E-state index contributed by atoms with van der Waals surface area (Å²) in [6, 6.07) is 1.73. The van der Waals surface area contributed by atoms with E-state index in [-0.39, 0.29) is 5.25 Å². The molecule has 0 bridgehead atoms. The molecule has 0 aliphatic rings. The summed E-state index contributed by atoms with van der Waals surface area (Å²) in [4.78, 5) is 8.56. The average Bonchev–Trinajstić information content (AvgIpc) is 2.28. The first-order chi connectivity index (χ1) is 8.52. The SMILES string of the molecule is CCCc1nc(N)cc(NCCC(C)S(C)=O)n1. The van der Waals surface area contributed by atoms with Crippen LogP contribution in [0.5, 0.6) is 0 Å². The highest BCUT2D eigenvalue weighted by molar-refractivity contribution is 7.84. The van der Waals surface area contributed by atoms with Crippen LogP contribution in [0.25, 0.3) is 0 Å². The quantitative estimate of drug-likeness (QED) is 0.786. The van der Waals surface area contributed by atoms with E-state index < -0.39 is 10.8 Å². The van der Waals surface area contributed by atoms with E-state index in [2.05, 4.69) is 22.2 Å². The van der Waals surface area contributed by atoms with Crippen LogP contribution in [0.2, 0.25) is 0 Å². The van der Waals surface area contributed by atoms with Gasteiger partial charge < -0.3 is 11.1 Å². The molecule has 2 atom stereocenters. The van der Waals surface area contributed by atoms with E-state index >= 15 is 0 Å². The molecule has 102 valence electrons. The van der Waals surface area contributed by atoms with E-state index in [1.54, 1.807) is 12.3 Å². The van der Waals surface area contributed by atoms with Gasteiger partial charge in [-0.2, -0.15) is 0 Å². The fourth-order valence-electron chi connectivity index (χ4n) is 1.51. The average molecular weight is 270 g/mol. The maximum atomic E-state index is 11.2. The van der Waals surface area contributed by atoms with Crippen molar-refractivity contribution in [1.29, 1.82) is 0 Å². The van der Waals surface area contributed by atoms with Crippen LogP contribution in [-0.2, 0) is 17.2 Å². The first kappa shape index (κ1) is 14.9. The molecule has 0 aliphatic carbocycles. The van der Waals surface area contributed by atoms with Gasteiger partial charge in [0.05, 0.1) is 0 Å². The van der Waals surface area contributed by atoms with Gasteiger partial charge in [-0.25, -0.2) is 9.97 Å². The maximum absolute atomic E-state index is 11.2. The number of rotatable bonds is 7. The number of hydrogen-bond acceptors (Lipinski definition) is 5. The highest BCUT2D eigenvalue weighted by atomic mass is 32.2. The highest BCUT2D eigenvalue weighted by Crippen LogP contribution is 2.10. The Balaban J connectivity index is 2.53. The van der Waals surface area contributed by atoms with Crippen molar-refractivity contribution in [3.63, 3.8) is 0 Å². The van der Waals surface area contributed by atoms with Crippen LogP contribution in [0.1, 0.15) is 32.5 Å². The molecule has 0 aliphatic heterocycles. The summed E-state index contributed by atoms with van der Waals surface area (Å²) in [5.74, 6) is 2.01. The third kappa shape index (κ3) is 5.00. The van der Waals surface area contributed by atoms with E-state index in [9.17, 15) is 4.21 Å². The molecule has 0 fully saturated rings. The number of hydrogen-bond donors (Lipinski definition) is 2. The second-order valence-corrected chi connectivity index (χ2v) is 6.17. The van der Waals surface area contributed by atoms with Crippen molar-refractivity contribution in [2.24, 2.45) is 0 Å². The van der Waals surface area contributed by atoms with Gasteiger partial charge in [0.15, 0.2) is 0 Å². The summed E-state index contributed by atoms with van der Waals surface area (Å²) < 4.78 is 11.2. The number of anilines is 2. The van der Waals surface area contributed by atoms with E-state index in [0.717, 1.165) is 37.4 Å². The molecule has 3 N–H and O–H groups in total. The first-order valence-corrected chi connectivity index (χ1v) is 7.84. The monoisotopic (exact) mass is 270 g/mol. The fraction of sp³-hybridized carbons (Fsp3) is 0.667. The zero-order valence-electron chi connectivity index (χ0n) is 11.3. The van der Waals surface area contributed by atoms with Crippen molar-refractivity contribution >= 4 is 22.4 Å². The molecule has 1 aromatic rings. The van der Waals surface area contributed by atoms with Gasteiger partial charge >= 0.3 is 0 Å². The number of aromatic nitrogens is 2. The Hall–Kier alpha value is -1.17. The molecule has 6 heteroatoms. The highest BCUT2D eigenvalue weighted by Gasteiger charge is 2.06. The Labute approximate surface area is 111 Å². The molecule has 0 saturated carbocycles. The molecule has 0 spiro atoms. The van der Waals surface area contributed by atoms with Crippen molar-refractivity contribution < 1.29 is 4.21 Å². The third-order valence-electron chi connectivity index (χ3n) is 2.69. The summed E-state index contributed by atoms with van der Waals surface area (Å²) in [7, 11) is -0.777. The summed E-state index contributed by atoms with van der Waals surface area (Å²) in [6.07, 6.45) is 4.40. The predicted molar refractivity (Wildman–Crippen MR) is 77.1 cm³/mol. The van der Waals surface area contributed by atoms with Crippen LogP contribution in [0.3, 0.4) is 0 Å². The molecular weight excluding hydrogens is 248 g/mol. The molecule has 0 amide bonds. The zero-order valence-corrected chi connectivity index (χ0v) is 12.1. The minimum atomic E-state index is -0.777. The van der Waals surface area contributed by atoms with Gasteiger partial charge in [0, 0.05) is 41.3 Å². The maximum Gasteiger partial charge on any atom is 0.133 e. The summed E-state index contributed by atoms with van der Waals surface area (Å²) in [6.45, 7) is 4.80. The van der Waals surface area contributed by atoms with Crippen molar-refractivity contribution in [1.82, 2.24) is 9.97 Å².